The molecule has 3 aromatic heterocycles. The number of nitrogens with one attached hydrogen (secondary N) is 1. The topological polar surface area (TPSA) is 55.5 Å². The Balaban J connectivity index is 1.32. The van der Waals surface area contributed by atoms with Gasteiger partial charge < -0.3 is 14.5 Å². The molecule has 1 fully saturated rings. The minimum absolute atomic E-state index is 0.272. The minimum Gasteiger partial charge on any atom is -0.454 e. The van der Waals surface area contributed by atoms with E-state index in [1.165, 1.54) is 4.88 Å². The van der Waals surface area contributed by atoms with Crippen LogP contribution in [0, 0.1) is 0 Å². The number of furan rings is 1. The molecule has 4 heterocycles. The van der Waals surface area contributed by atoms with E-state index in [1.54, 1.807) is 0 Å². The Kier molecular flexibility index (Phi) is 5.91. The van der Waals surface area contributed by atoms with Gasteiger partial charge in [-0.25, -0.2) is 0 Å². The third-order valence-electron chi connectivity index (χ3n) is 5.80. The minimum atomic E-state index is 0.272. The molecule has 0 aliphatic carbocycles. The van der Waals surface area contributed by atoms with Crippen LogP contribution in [0.3, 0.4) is 0 Å². The number of hydrogen-bond donors (Lipinski definition) is 1. The normalized spacial score (nSPS) is 18.6. The summed E-state index contributed by atoms with van der Waals surface area (Å²) in [5, 5.41) is 11.6. The lowest BCUT2D eigenvalue weighted by molar-refractivity contribution is -0.0339. The van der Waals surface area contributed by atoms with Crippen LogP contribution in [0.1, 0.15) is 23.4 Å². The summed E-state index contributed by atoms with van der Waals surface area (Å²) in [4.78, 5) is 3.93. The Morgan fingerprint density at radius 2 is 2.16 bits per heavy atom. The zero-order chi connectivity index (χ0) is 21.2. The number of aromatic nitrogens is 2. The van der Waals surface area contributed by atoms with Crippen LogP contribution in [-0.2, 0) is 18.3 Å². The van der Waals surface area contributed by atoms with E-state index < -0.39 is 0 Å². The molecule has 0 amide bonds. The van der Waals surface area contributed by atoms with Gasteiger partial charge in [0.25, 0.3) is 0 Å². The van der Waals surface area contributed by atoms with Crippen molar-refractivity contribution in [1.82, 2.24) is 20.0 Å². The zero-order valence-electron chi connectivity index (χ0n) is 18.0. The van der Waals surface area contributed by atoms with Crippen molar-refractivity contribution >= 4 is 22.3 Å². The lowest BCUT2D eigenvalue weighted by Crippen LogP contribution is -2.45. The van der Waals surface area contributed by atoms with Crippen LogP contribution < -0.4 is 5.32 Å². The molecule has 7 heteroatoms. The van der Waals surface area contributed by atoms with E-state index in [2.05, 4.69) is 58.1 Å². The fourth-order valence-corrected chi connectivity index (χ4v) is 5.20. The second-order valence-electron chi connectivity index (χ2n) is 8.16. The van der Waals surface area contributed by atoms with Crippen molar-refractivity contribution in [2.45, 2.75) is 25.6 Å². The Bertz CT molecular complexity index is 1100. The summed E-state index contributed by atoms with van der Waals surface area (Å²) in [6, 6.07) is 14.9. The van der Waals surface area contributed by atoms with Gasteiger partial charge >= 0.3 is 0 Å². The van der Waals surface area contributed by atoms with Gasteiger partial charge in [-0.3, -0.25) is 9.58 Å². The van der Waals surface area contributed by atoms with Gasteiger partial charge in [-0.2, -0.15) is 5.10 Å². The second kappa shape index (κ2) is 8.96. The van der Waals surface area contributed by atoms with Gasteiger partial charge in [-0.05, 0) is 30.5 Å². The molecule has 2 unspecified atom stereocenters. The zero-order valence-corrected chi connectivity index (χ0v) is 18.8. The third-order valence-corrected chi connectivity index (χ3v) is 6.78. The molecule has 6 nitrogen and oxygen atoms in total. The maximum absolute atomic E-state index is 6.08. The number of ether oxygens (including phenoxy) is 1. The maximum atomic E-state index is 6.08. The number of rotatable bonds is 7. The van der Waals surface area contributed by atoms with E-state index >= 15 is 0 Å². The predicted octanol–water partition coefficient (Wildman–Crippen LogP) is 4.45. The number of fused-ring (bicyclic) bond motifs is 1. The maximum Gasteiger partial charge on any atom is 0.156 e. The summed E-state index contributed by atoms with van der Waals surface area (Å²) in [7, 11) is 1.96. The molecule has 2 atom stereocenters. The molecule has 0 bridgehead atoms. The second-order valence-corrected chi connectivity index (χ2v) is 9.14. The average molecular weight is 437 g/mol. The SMILES string of the molecule is CC1CN(C(CNCc2cn(C)nc2-c2cc3ccccc3o2)c2cccs2)CCO1. The Morgan fingerprint density at radius 1 is 1.26 bits per heavy atom. The van der Waals surface area contributed by atoms with E-state index in [4.69, 9.17) is 9.15 Å². The van der Waals surface area contributed by atoms with Crippen molar-refractivity contribution in [3.63, 3.8) is 0 Å². The van der Waals surface area contributed by atoms with Gasteiger partial charge in [0.1, 0.15) is 11.3 Å². The lowest BCUT2D eigenvalue weighted by atomic mass is 10.1. The van der Waals surface area contributed by atoms with Crippen LogP contribution in [0.4, 0.5) is 0 Å². The van der Waals surface area contributed by atoms with Crippen molar-refractivity contribution in [2.75, 3.05) is 26.2 Å². The number of thiophene rings is 1. The van der Waals surface area contributed by atoms with Crippen LogP contribution in [0.5, 0.6) is 0 Å². The standard InChI is InChI=1S/C24H28N4O2S/c1-17-15-28(9-10-29-17)20(23-8-5-11-31-23)14-25-13-19-16-27(2)26-24(19)22-12-18-6-3-4-7-21(18)30-22/h3-8,11-12,16-17,20,25H,9-10,13-15H2,1-2H3. The first kappa shape index (κ1) is 20.5. The van der Waals surface area contributed by atoms with Crippen molar-refractivity contribution in [2.24, 2.45) is 7.05 Å². The number of hydrogen-bond acceptors (Lipinski definition) is 6. The van der Waals surface area contributed by atoms with Crippen LogP contribution in [0.15, 0.2) is 58.5 Å². The summed E-state index contributed by atoms with van der Waals surface area (Å²) < 4.78 is 13.7. The average Bonchev–Trinajstić information content (AvgIpc) is 3.50. The van der Waals surface area contributed by atoms with Crippen LogP contribution in [0.25, 0.3) is 22.4 Å². The monoisotopic (exact) mass is 436 g/mol. The van der Waals surface area contributed by atoms with E-state index in [0.717, 1.165) is 60.8 Å². The summed E-state index contributed by atoms with van der Waals surface area (Å²) in [6.07, 6.45) is 2.35. The lowest BCUT2D eigenvalue weighted by Gasteiger charge is -2.37. The first-order chi connectivity index (χ1) is 15.2. The fraction of sp³-hybridized carbons (Fsp3) is 0.375. The Morgan fingerprint density at radius 3 is 2.97 bits per heavy atom. The van der Waals surface area contributed by atoms with E-state index in [0.29, 0.717) is 6.04 Å². The van der Waals surface area contributed by atoms with E-state index in [9.17, 15) is 0 Å². The van der Waals surface area contributed by atoms with Crippen molar-refractivity contribution in [3.8, 4) is 11.5 Å². The highest BCUT2D eigenvalue weighted by Crippen LogP contribution is 2.30. The number of benzene rings is 1. The number of nitrogens with zero attached hydrogens (tertiary/aromatic N) is 3. The van der Waals surface area contributed by atoms with Gasteiger partial charge in [0.05, 0.1) is 18.8 Å². The third kappa shape index (κ3) is 4.45. The molecule has 0 saturated carbocycles. The predicted molar refractivity (Wildman–Crippen MR) is 124 cm³/mol. The van der Waals surface area contributed by atoms with Crippen LogP contribution in [0.2, 0.25) is 0 Å². The molecular formula is C24H28N4O2S. The molecule has 162 valence electrons. The highest BCUT2D eigenvalue weighted by Gasteiger charge is 2.26. The van der Waals surface area contributed by atoms with E-state index in [-0.39, 0.29) is 6.10 Å². The van der Waals surface area contributed by atoms with Gasteiger partial charge in [0.15, 0.2) is 5.76 Å². The summed E-state index contributed by atoms with van der Waals surface area (Å²) in [5.41, 5.74) is 2.93. The van der Waals surface area contributed by atoms with Crippen LogP contribution in [-0.4, -0.2) is 47.0 Å². The van der Waals surface area contributed by atoms with Crippen molar-refractivity contribution in [3.05, 3.63) is 64.5 Å². The summed E-state index contributed by atoms with van der Waals surface area (Å²) in [6.45, 7) is 6.49. The summed E-state index contributed by atoms with van der Waals surface area (Å²) in [5.74, 6) is 0.815. The number of morpholine rings is 1. The van der Waals surface area contributed by atoms with Gasteiger partial charge in [0.2, 0.25) is 0 Å². The molecule has 31 heavy (non-hydrogen) atoms. The molecule has 1 aliphatic heterocycles. The molecule has 5 rings (SSSR count). The molecular weight excluding hydrogens is 408 g/mol. The van der Waals surface area contributed by atoms with Crippen molar-refractivity contribution < 1.29 is 9.15 Å². The Labute approximate surface area is 186 Å². The molecule has 0 radical (unpaired) electrons. The molecule has 0 spiro atoms. The first-order valence-corrected chi connectivity index (χ1v) is 11.7. The molecule has 1 saturated heterocycles. The Hall–Kier alpha value is -2.45. The highest BCUT2D eigenvalue weighted by atomic mass is 32.1. The highest BCUT2D eigenvalue weighted by molar-refractivity contribution is 7.10. The van der Waals surface area contributed by atoms with Crippen molar-refractivity contribution in [1.29, 1.82) is 0 Å². The molecule has 1 aliphatic rings. The number of aryl methyl sites for hydroxylation is 1. The van der Waals surface area contributed by atoms with Gasteiger partial charge in [-0.1, -0.05) is 24.3 Å². The van der Waals surface area contributed by atoms with Crippen LogP contribution >= 0.6 is 11.3 Å². The van der Waals surface area contributed by atoms with Gasteiger partial charge in [0, 0.05) is 55.3 Å². The van der Waals surface area contributed by atoms with Gasteiger partial charge in [-0.15, -0.1) is 11.3 Å². The smallest absolute Gasteiger partial charge is 0.156 e. The summed E-state index contributed by atoms with van der Waals surface area (Å²) >= 11 is 1.82. The largest absolute Gasteiger partial charge is 0.454 e. The molecule has 1 N–H and O–H groups in total. The first-order valence-electron chi connectivity index (χ1n) is 10.8. The number of para-hydroxylation sites is 1. The molecule has 1 aromatic carbocycles. The fourth-order valence-electron chi connectivity index (χ4n) is 4.34. The molecule has 4 aromatic rings. The quantitative estimate of drug-likeness (QED) is 0.464. The van der Waals surface area contributed by atoms with E-state index in [1.807, 2.05) is 41.3 Å².